The maximum absolute atomic E-state index is 12.7. The van der Waals surface area contributed by atoms with Gasteiger partial charge >= 0.3 is 0 Å². The van der Waals surface area contributed by atoms with Gasteiger partial charge in [0, 0.05) is 28.8 Å². The first-order valence-electron chi connectivity index (χ1n) is 9.13. The average molecular weight is 418 g/mol. The zero-order valence-electron chi connectivity index (χ0n) is 16.0. The molecule has 12 nitrogen and oxygen atoms in total. The molecule has 154 valence electrons. The van der Waals surface area contributed by atoms with Gasteiger partial charge in [0.2, 0.25) is 5.95 Å². The van der Waals surface area contributed by atoms with E-state index in [4.69, 9.17) is 4.74 Å². The number of nitro groups is 1. The minimum absolute atomic E-state index is 0.0517. The van der Waals surface area contributed by atoms with E-state index in [9.17, 15) is 14.9 Å². The number of hydrogen-bond donors (Lipinski definition) is 2. The summed E-state index contributed by atoms with van der Waals surface area (Å²) in [4.78, 5) is 23.2. The number of para-hydroxylation sites is 1. The normalized spacial score (nSPS) is 14.3. The third-order valence-electron chi connectivity index (χ3n) is 5.05. The fourth-order valence-corrected chi connectivity index (χ4v) is 3.68. The highest BCUT2D eigenvalue weighted by Crippen LogP contribution is 2.43. The molecule has 0 spiro atoms. The van der Waals surface area contributed by atoms with Crippen LogP contribution in [0.4, 0.5) is 17.3 Å². The Bertz CT molecular complexity index is 1360. The fraction of sp³-hybridized carbons (Fsp3) is 0.105. The lowest BCUT2D eigenvalue weighted by molar-refractivity contribution is -0.384. The third-order valence-corrected chi connectivity index (χ3v) is 5.05. The van der Waals surface area contributed by atoms with Gasteiger partial charge in [0.1, 0.15) is 17.5 Å². The average Bonchev–Trinajstić information content (AvgIpc) is 3.27. The van der Waals surface area contributed by atoms with Crippen molar-refractivity contribution in [1.29, 1.82) is 0 Å². The largest absolute Gasteiger partial charge is 0.496 e. The number of anilines is 2. The Morgan fingerprint density at radius 3 is 2.68 bits per heavy atom. The highest BCUT2D eigenvalue weighted by molar-refractivity contribution is 5.76. The minimum atomic E-state index is -0.627. The van der Waals surface area contributed by atoms with Crippen molar-refractivity contribution in [2.24, 2.45) is 0 Å². The first-order valence-corrected chi connectivity index (χ1v) is 9.13. The molecule has 1 unspecified atom stereocenters. The summed E-state index contributed by atoms with van der Waals surface area (Å²) in [5, 5.41) is 32.5. The number of benzene rings is 2. The van der Waals surface area contributed by atoms with Crippen molar-refractivity contribution in [3.8, 4) is 17.0 Å². The van der Waals surface area contributed by atoms with E-state index in [2.05, 4.69) is 31.0 Å². The molecule has 4 aromatic rings. The van der Waals surface area contributed by atoms with Crippen LogP contribution in [0.2, 0.25) is 0 Å². The van der Waals surface area contributed by atoms with Crippen molar-refractivity contribution in [1.82, 2.24) is 30.4 Å². The standard InChI is InChI=1S/C19H14N8O4/c1-31-13-5-3-2-4-12(13)17-14-15(10-6-8-11(9-7-10)27(29)30)21-22-18(28)16(14)20-19-23-24-25-26(17)19/h2-9,17H,1H3,(H,22,28)(H,20,23,25). The van der Waals surface area contributed by atoms with Gasteiger partial charge < -0.3 is 10.1 Å². The summed E-state index contributed by atoms with van der Waals surface area (Å²) in [6.07, 6.45) is 0. The van der Waals surface area contributed by atoms with Gasteiger partial charge in [-0.1, -0.05) is 23.3 Å². The van der Waals surface area contributed by atoms with Gasteiger partial charge in [-0.05, 0) is 28.6 Å². The van der Waals surface area contributed by atoms with Gasteiger partial charge in [0.05, 0.1) is 17.7 Å². The Morgan fingerprint density at radius 2 is 1.94 bits per heavy atom. The number of non-ortho nitro benzene ring substituents is 1. The van der Waals surface area contributed by atoms with Crippen molar-refractivity contribution in [2.75, 3.05) is 12.4 Å². The zero-order chi connectivity index (χ0) is 21.5. The molecule has 31 heavy (non-hydrogen) atoms. The lowest BCUT2D eigenvalue weighted by Crippen LogP contribution is -2.29. The summed E-state index contributed by atoms with van der Waals surface area (Å²) in [6.45, 7) is 0. The third kappa shape index (κ3) is 2.88. The van der Waals surface area contributed by atoms with Crippen LogP contribution in [0.1, 0.15) is 17.2 Å². The number of H-pyrrole nitrogens is 1. The van der Waals surface area contributed by atoms with Crippen LogP contribution in [0.5, 0.6) is 5.75 Å². The molecule has 3 heterocycles. The van der Waals surface area contributed by atoms with Gasteiger partial charge in [0.25, 0.3) is 11.2 Å². The Kier molecular flexibility index (Phi) is 4.17. The molecule has 0 bridgehead atoms. The van der Waals surface area contributed by atoms with Gasteiger partial charge in [-0.3, -0.25) is 14.9 Å². The summed E-state index contributed by atoms with van der Waals surface area (Å²) >= 11 is 0. The van der Waals surface area contributed by atoms with Gasteiger partial charge in [-0.2, -0.15) is 9.78 Å². The molecule has 2 aromatic heterocycles. The van der Waals surface area contributed by atoms with Crippen molar-refractivity contribution in [3.63, 3.8) is 0 Å². The van der Waals surface area contributed by atoms with E-state index in [0.29, 0.717) is 22.6 Å². The Labute approximate surface area is 173 Å². The Morgan fingerprint density at radius 1 is 1.16 bits per heavy atom. The predicted molar refractivity (Wildman–Crippen MR) is 108 cm³/mol. The summed E-state index contributed by atoms with van der Waals surface area (Å²) in [5.74, 6) is 0.867. The highest BCUT2D eigenvalue weighted by atomic mass is 16.6. The molecule has 0 aliphatic carbocycles. The molecular formula is C19H14N8O4. The SMILES string of the molecule is COc1ccccc1C1c2c(-c3ccc([N+](=O)[O-])cc3)n[nH]c(=O)c2Nc2nnnn21. The summed E-state index contributed by atoms with van der Waals surface area (Å²) in [5.41, 5.74) is 1.98. The van der Waals surface area contributed by atoms with Crippen LogP contribution in [0.15, 0.2) is 53.3 Å². The zero-order valence-corrected chi connectivity index (χ0v) is 16.0. The van der Waals surface area contributed by atoms with Gasteiger partial charge in [0.15, 0.2) is 0 Å². The second-order valence-corrected chi connectivity index (χ2v) is 6.71. The van der Waals surface area contributed by atoms with Gasteiger partial charge in [-0.25, -0.2) is 5.10 Å². The molecule has 1 aliphatic rings. The molecular weight excluding hydrogens is 404 g/mol. The molecule has 0 fully saturated rings. The lowest BCUT2D eigenvalue weighted by atomic mass is 9.92. The van der Waals surface area contributed by atoms with E-state index in [-0.39, 0.29) is 17.3 Å². The molecule has 0 amide bonds. The van der Waals surface area contributed by atoms with Crippen LogP contribution in [0.25, 0.3) is 11.3 Å². The molecule has 2 N–H and O–H groups in total. The maximum Gasteiger partial charge on any atom is 0.288 e. The van der Waals surface area contributed by atoms with E-state index < -0.39 is 16.5 Å². The van der Waals surface area contributed by atoms with Crippen LogP contribution < -0.4 is 15.6 Å². The minimum Gasteiger partial charge on any atom is -0.496 e. The first-order chi connectivity index (χ1) is 15.1. The molecule has 2 aromatic carbocycles. The number of aromatic amines is 1. The smallest absolute Gasteiger partial charge is 0.288 e. The van der Waals surface area contributed by atoms with E-state index in [1.807, 2.05) is 18.2 Å². The van der Waals surface area contributed by atoms with E-state index in [1.165, 1.54) is 16.8 Å². The quantitative estimate of drug-likeness (QED) is 0.329. The predicted octanol–water partition coefficient (Wildman–Crippen LogP) is 2.03. The number of nitrogens with one attached hydrogen (secondary N) is 2. The van der Waals surface area contributed by atoms with Crippen molar-refractivity contribution < 1.29 is 9.66 Å². The number of tetrazole rings is 1. The summed E-state index contributed by atoms with van der Waals surface area (Å²) < 4.78 is 7.08. The summed E-state index contributed by atoms with van der Waals surface area (Å²) in [6, 6.07) is 12.6. The van der Waals surface area contributed by atoms with Gasteiger partial charge in [-0.15, -0.1) is 0 Å². The Balaban J connectivity index is 1.79. The van der Waals surface area contributed by atoms with Crippen LogP contribution in [-0.4, -0.2) is 42.4 Å². The van der Waals surface area contributed by atoms with Crippen LogP contribution in [0, 0.1) is 10.1 Å². The van der Waals surface area contributed by atoms with Crippen molar-refractivity contribution >= 4 is 17.3 Å². The molecule has 5 rings (SSSR count). The monoisotopic (exact) mass is 418 g/mol. The number of rotatable bonds is 4. The molecule has 0 radical (unpaired) electrons. The second-order valence-electron chi connectivity index (χ2n) is 6.71. The molecule has 1 aliphatic heterocycles. The van der Waals surface area contributed by atoms with E-state index >= 15 is 0 Å². The number of nitrogens with zero attached hydrogens (tertiary/aromatic N) is 6. The van der Waals surface area contributed by atoms with E-state index in [1.54, 1.807) is 25.3 Å². The molecule has 1 atom stereocenters. The number of methoxy groups -OCH3 is 1. The summed E-state index contributed by atoms with van der Waals surface area (Å²) in [7, 11) is 1.55. The number of ether oxygens (including phenoxy) is 1. The first kappa shape index (κ1) is 18.4. The maximum atomic E-state index is 12.7. The topological polar surface area (TPSA) is 154 Å². The van der Waals surface area contributed by atoms with Crippen LogP contribution in [0.3, 0.4) is 0 Å². The van der Waals surface area contributed by atoms with Crippen molar-refractivity contribution in [3.05, 3.63) is 80.1 Å². The number of nitro benzene ring substituents is 1. The number of aromatic nitrogens is 6. The molecule has 0 saturated heterocycles. The highest BCUT2D eigenvalue weighted by Gasteiger charge is 2.35. The van der Waals surface area contributed by atoms with Crippen LogP contribution in [-0.2, 0) is 0 Å². The molecule has 0 saturated carbocycles. The second kappa shape index (κ2) is 7.02. The molecule has 12 heteroatoms. The van der Waals surface area contributed by atoms with E-state index in [0.717, 1.165) is 5.56 Å². The Hall–Kier alpha value is -4.61. The number of fused-ring (bicyclic) bond motifs is 2. The van der Waals surface area contributed by atoms with Crippen molar-refractivity contribution in [2.45, 2.75) is 6.04 Å². The fourth-order valence-electron chi connectivity index (χ4n) is 3.68. The number of hydrogen-bond acceptors (Lipinski definition) is 9. The lowest BCUT2D eigenvalue weighted by Gasteiger charge is -2.28. The van der Waals surface area contributed by atoms with Crippen LogP contribution >= 0.6 is 0 Å².